The molecule has 0 radical (unpaired) electrons. The summed E-state index contributed by atoms with van der Waals surface area (Å²) in [5, 5.41) is 3.53. The Labute approximate surface area is 174 Å². The molecule has 2 aromatic carbocycles. The van der Waals surface area contributed by atoms with E-state index in [2.05, 4.69) is 80.2 Å². The van der Waals surface area contributed by atoms with E-state index in [0.717, 1.165) is 53.0 Å². The lowest BCUT2D eigenvalue weighted by molar-refractivity contribution is 0.298. The van der Waals surface area contributed by atoms with Gasteiger partial charge in [0.15, 0.2) is 0 Å². The van der Waals surface area contributed by atoms with Crippen LogP contribution in [0.2, 0.25) is 0 Å². The van der Waals surface area contributed by atoms with E-state index >= 15 is 0 Å². The minimum Gasteiger partial charge on any atom is -0.487 e. The van der Waals surface area contributed by atoms with Crippen molar-refractivity contribution in [2.75, 3.05) is 26.2 Å². The highest BCUT2D eigenvalue weighted by atomic mass is 79.9. The SMILES string of the molecule is CCN(CC)CCCNCc1cc(Br)c(OCc2ccccc2)c(Br)c1. The number of halogens is 2. The monoisotopic (exact) mass is 482 g/mol. The summed E-state index contributed by atoms with van der Waals surface area (Å²) in [4.78, 5) is 2.45. The number of hydrogen-bond donors (Lipinski definition) is 1. The number of ether oxygens (including phenoxy) is 1. The molecule has 0 atom stereocenters. The summed E-state index contributed by atoms with van der Waals surface area (Å²) in [6.45, 7) is 10.3. The van der Waals surface area contributed by atoms with Crippen LogP contribution in [0.1, 0.15) is 31.4 Å². The second-order valence-electron chi connectivity index (χ2n) is 6.22. The first kappa shape index (κ1) is 21.4. The molecule has 0 fully saturated rings. The van der Waals surface area contributed by atoms with Gasteiger partial charge in [-0.05, 0) is 87.7 Å². The molecule has 0 spiro atoms. The zero-order valence-corrected chi connectivity index (χ0v) is 18.8. The Morgan fingerprint density at radius 2 is 1.62 bits per heavy atom. The van der Waals surface area contributed by atoms with Gasteiger partial charge < -0.3 is 15.0 Å². The van der Waals surface area contributed by atoms with Crippen LogP contribution in [0.4, 0.5) is 0 Å². The Kier molecular flexibility index (Phi) is 9.68. The third-order valence-corrected chi connectivity index (χ3v) is 5.51. The van der Waals surface area contributed by atoms with E-state index in [1.54, 1.807) is 0 Å². The van der Waals surface area contributed by atoms with Crippen molar-refractivity contribution in [2.24, 2.45) is 0 Å². The van der Waals surface area contributed by atoms with Crippen molar-refractivity contribution in [3.05, 3.63) is 62.5 Å². The van der Waals surface area contributed by atoms with Gasteiger partial charge in [-0.2, -0.15) is 0 Å². The first-order valence-electron chi connectivity index (χ1n) is 9.21. The smallest absolute Gasteiger partial charge is 0.148 e. The van der Waals surface area contributed by atoms with Gasteiger partial charge >= 0.3 is 0 Å². The molecule has 0 aliphatic rings. The van der Waals surface area contributed by atoms with Crippen LogP contribution in [-0.4, -0.2) is 31.1 Å². The highest BCUT2D eigenvalue weighted by Crippen LogP contribution is 2.35. The summed E-state index contributed by atoms with van der Waals surface area (Å²) in [6.07, 6.45) is 1.17. The molecule has 26 heavy (non-hydrogen) atoms. The minimum atomic E-state index is 0.557. The maximum atomic E-state index is 5.98. The third-order valence-electron chi connectivity index (χ3n) is 4.34. The number of hydrogen-bond acceptors (Lipinski definition) is 3. The van der Waals surface area contributed by atoms with Crippen molar-refractivity contribution < 1.29 is 4.74 Å². The normalized spacial score (nSPS) is 11.1. The second kappa shape index (κ2) is 11.8. The van der Waals surface area contributed by atoms with Crippen molar-refractivity contribution in [3.8, 4) is 5.75 Å². The van der Waals surface area contributed by atoms with Gasteiger partial charge in [-0.1, -0.05) is 44.2 Å². The molecule has 0 aliphatic carbocycles. The standard InChI is InChI=1S/C21H28Br2N2O/c1-3-25(4-2)12-8-11-24-15-18-13-19(22)21(20(23)14-18)26-16-17-9-6-5-7-10-17/h5-7,9-10,13-14,24H,3-4,8,11-12,15-16H2,1-2H3. The first-order chi connectivity index (χ1) is 12.6. The largest absolute Gasteiger partial charge is 0.487 e. The van der Waals surface area contributed by atoms with Crippen LogP contribution in [0.15, 0.2) is 51.4 Å². The molecular weight excluding hydrogens is 456 g/mol. The molecule has 0 unspecified atom stereocenters. The van der Waals surface area contributed by atoms with Crippen LogP contribution in [0, 0.1) is 0 Å². The first-order valence-corrected chi connectivity index (χ1v) is 10.8. The van der Waals surface area contributed by atoms with Gasteiger partial charge in [0.25, 0.3) is 0 Å². The molecule has 0 amide bonds. The fourth-order valence-electron chi connectivity index (χ4n) is 2.78. The zero-order chi connectivity index (χ0) is 18.8. The quantitative estimate of drug-likeness (QED) is 0.420. The molecule has 0 aliphatic heterocycles. The molecule has 0 aromatic heterocycles. The Morgan fingerprint density at radius 3 is 2.23 bits per heavy atom. The molecule has 0 saturated heterocycles. The highest BCUT2D eigenvalue weighted by molar-refractivity contribution is 9.11. The van der Waals surface area contributed by atoms with Gasteiger partial charge in [0.1, 0.15) is 12.4 Å². The molecule has 0 bridgehead atoms. The van der Waals surface area contributed by atoms with E-state index in [1.165, 1.54) is 12.0 Å². The number of nitrogens with one attached hydrogen (secondary N) is 1. The lowest BCUT2D eigenvalue weighted by Gasteiger charge is -2.17. The van der Waals surface area contributed by atoms with Crippen molar-refractivity contribution >= 4 is 31.9 Å². The van der Waals surface area contributed by atoms with E-state index in [9.17, 15) is 0 Å². The van der Waals surface area contributed by atoms with E-state index < -0.39 is 0 Å². The van der Waals surface area contributed by atoms with Crippen LogP contribution in [0.25, 0.3) is 0 Å². The molecule has 5 heteroatoms. The molecule has 142 valence electrons. The lowest BCUT2D eigenvalue weighted by atomic mass is 10.2. The van der Waals surface area contributed by atoms with E-state index in [1.807, 2.05) is 18.2 Å². The predicted octanol–water partition coefficient (Wildman–Crippen LogP) is 5.61. The molecule has 0 heterocycles. The van der Waals surface area contributed by atoms with Gasteiger partial charge in [0, 0.05) is 6.54 Å². The topological polar surface area (TPSA) is 24.5 Å². The minimum absolute atomic E-state index is 0.557. The van der Waals surface area contributed by atoms with Crippen molar-refractivity contribution in [1.82, 2.24) is 10.2 Å². The number of benzene rings is 2. The molecular formula is C21H28Br2N2O. The molecule has 2 aromatic rings. The van der Waals surface area contributed by atoms with Crippen LogP contribution >= 0.6 is 31.9 Å². The van der Waals surface area contributed by atoms with Crippen LogP contribution in [0.3, 0.4) is 0 Å². The Hall–Kier alpha value is -0.880. The zero-order valence-electron chi connectivity index (χ0n) is 15.6. The van der Waals surface area contributed by atoms with Gasteiger partial charge in [0.05, 0.1) is 8.95 Å². The summed E-state index contributed by atoms with van der Waals surface area (Å²) in [5.41, 5.74) is 2.39. The summed E-state index contributed by atoms with van der Waals surface area (Å²) in [5.74, 6) is 0.846. The number of nitrogens with zero attached hydrogens (tertiary/aromatic N) is 1. The average molecular weight is 484 g/mol. The van der Waals surface area contributed by atoms with Gasteiger partial charge in [-0.15, -0.1) is 0 Å². The lowest BCUT2D eigenvalue weighted by Crippen LogP contribution is -2.27. The predicted molar refractivity (Wildman–Crippen MR) is 117 cm³/mol. The maximum absolute atomic E-state index is 5.98. The van der Waals surface area contributed by atoms with Crippen molar-refractivity contribution in [3.63, 3.8) is 0 Å². The van der Waals surface area contributed by atoms with Crippen LogP contribution in [-0.2, 0) is 13.2 Å². The second-order valence-corrected chi connectivity index (χ2v) is 7.93. The summed E-state index contributed by atoms with van der Waals surface area (Å²) in [7, 11) is 0. The van der Waals surface area contributed by atoms with Gasteiger partial charge in [-0.25, -0.2) is 0 Å². The Morgan fingerprint density at radius 1 is 0.962 bits per heavy atom. The summed E-state index contributed by atoms with van der Waals surface area (Å²) in [6, 6.07) is 14.5. The van der Waals surface area contributed by atoms with E-state index in [0.29, 0.717) is 6.61 Å². The third kappa shape index (κ3) is 7.03. The fraction of sp³-hybridized carbons (Fsp3) is 0.429. The maximum Gasteiger partial charge on any atom is 0.148 e. The van der Waals surface area contributed by atoms with Crippen molar-refractivity contribution in [2.45, 2.75) is 33.4 Å². The summed E-state index contributed by atoms with van der Waals surface area (Å²) < 4.78 is 7.93. The molecule has 0 saturated carbocycles. The van der Waals surface area contributed by atoms with Crippen LogP contribution < -0.4 is 10.1 Å². The molecule has 2 rings (SSSR count). The van der Waals surface area contributed by atoms with E-state index in [-0.39, 0.29) is 0 Å². The Bertz CT molecular complexity index is 637. The van der Waals surface area contributed by atoms with Gasteiger partial charge in [-0.3, -0.25) is 0 Å². The molecule has 3 nitrogen and oxygen atoms in total. The Balaban J connectivity index is 1.82. The van der Waals surface area contributed by atoms with Gasteiger partial charge in [0.2, 0.25) is 0 Å². The average Bonchev–Trinajstić information content (AvgIpc) is 2.65. The number of rotatable bonds is 11. The summed E-state index contributed by atoms with van der Waals surface area (Å²) >= 11 is 7.28. The highest BCUT2D eigenvalue weighted by Gasteiger charge is 2.09. The fourth-order valence-corrected chi connectivity index (χ4v) is 4.29. The van der Waals surface area contributed by atoms with Crippen molar-refractivity contribution in [1.29, 1.82) is 0 Å². The van der Waals surface area contributed by atoms with Crippen LogP contribution in [0.5, 0.6) is 5.75 Å². The molecule has 1 N–H and O–H groups in total. The van der Waals surface area contributed by atoms with E-state index in [4.69, 9.17) is 4.74 Å².